The van der Waals surface area contributed by atoms with Crippen molar-refractivity contribution in [2.24, 2.45) is 0 Å². The number of benzene rings is 1. The van der Waals surface area contributed by atoms with Gasteiger partial charge < -0.3 is 10.4 Å². The number of carbonyl (C=O) groups excluding carboxylic acids is 1. The Balaban J connectivity index is 2.11. The van der Waals surface area contributed by atoms with E-state index in [9.17, 15) is 24.3 Å². The molecule has 9 heteroatoms. The van der Waals surface area contributed by atoms with E-state index in [4.69, 9.17) is 11.6 Å². The molecule has 0 bridgehead atoms. The molecule has 2 aromatic rings. The molecule has 0 spiro atoms. The SMILES string of the molecule is O=C(Cc1ccccc1)N[C@@H](Cn1cc(Cl)c(=O)[nH]c1=O)C(=O)O. The molecule has 0 saturated carbocycles. The van der Waals surface area contributed by atoms with E-state index in [1.807, 2.05) is 4.98 Å². The monoisotopic (exact) mass is 351 g/mol. The molecule has 126 valence electrons. The summed E-state index contributed by atoms with van der Waals surface area (Å²) in [6.07, 6.45) is 1.04. The zero-order valence-corrected chi connectivity index (χ0v) is 13.1. The molecule has 1 amide bonds. The lowest BCUT2D eigenvalue weighted by Crippen LogP contribution is -2.46. The van der Waals surface area contributed by atoms with Crippen molar-refractivity contribution in [1.29, 1.82) is 0 Å². The summed E-state index contributed by atoms with van der Waals surface area (Å²) in [5, 5.41) is 11.3. The van der Waals surface area contributed by atoms with E-state index in [2.05, 4.69) is 5.32 Å². The summed E-state index contributed by atoms with van der Waals surface area (Å²) in [5.41, 5.74) is -0.853. The van der Waals surface area contributed by atoms with Crippen LogP contribution in [0.1, 0.15) is 5.56 Å². The number of H-pyrrole nitrogens is 1. The number of carboxylic acids is 1. The van der Waals surface area contributed by atoms with Crippen molar-refractivity contribution in [3.63, 3.8) is 0 Å². The van der Waals surface area contributed by atoms with E-state index in [-0.39, 0.29) is 18.0 Å². The summed E-state index contributed by atoms with van der Waals surface area (Å²) in [7, 11) is 0. The van der Waals surface area contributed by atoms with Crippen LogP contribution in [0.25, 0.3) is 0 Å². The Morgan fingerprint density at radius 1 is 1.25 bits per heavy atom. The number of carbonyl (C=O) groups is 2. The van der Waals surface area contributed by atoms with Gasteiger partial charge in [-0.05, 0) is 5.56 Å². The van der Waals surface area contributed by atoms with E-state index in [1.54, 1.807) is 30.3 Å². The fraction of sp³-hybridized carbons (Fsp3) is 0.200. The fourth-order valence-corrected chi connectivity index (χ4v) is 2.19. The Bertz CT molecular complexity index is 859. The van der Waals surface area contributed by atoms with Crippen LogP contribution in [0.15, 0.2) is 46.1 Å². The molecular weight excluding hydrogens is 338 g/mol. The minimum atomic E-state index is -1.35. The van der Waals surface area contributed by atoms with Crippen LogP contribution in [-0.2, 0) is 22.6 Å². The van der Waals surface area contributed by atoms with Gasteiger partial charge in [-0.1, -0.05) is 41.9 Å². The van der Waals surface area contributed by atoms with E-state index < -0.39 is 29.2 Å². The lowest BCUT2D eigenvalue weighted by Gasteiger charge is -2.16. The number of aromatic amines is 1. The molecule has 0 aliphatic rings. The average Bonchev–Trinajstić information content (AvgIpc) is 2.52. The Kier molecular flexibility index (Phi) is 5.54. The van der Waals surface area contributed by atoms with Gasteiger partial charge in [0.2, 0.25) is 5.91 Å². The first kappa shape index (κ1) is 17.5. The van der Waals surface area contributed by atoms with Crippen molar-refractivity contribution in [2.75, 3.05) is 0 Å². The second-order valence-electron chi connectivity index (χ2n) is 5.01. The van der Waals surface area contributed by atoms with Crippen LogP contribution in [0.3, 0.4) is 0 Å². The lowest BCUT2D eigenvalue weighted by molar-refractivity contribution is -0.142. The van der Waals surface area contributed by atoms with Gasteiger partial charge in [0.15, 0.2) is 0 Å². The predicted molar refractivity (Wildman–Crippen MR) is 86.0 cm³/mol. The molecule has 3 N–H and O–H groups in total. The van der Waals surface area contributed by atoms with Gasteiger partial charge in [-0.25, -0.2) is 9.59 Å². The zero-order valence-electron chi connectivity index (χ0n) is 12.4. The van der Waals surface area contributed by atoms with Crippen molar-refractivity contribution in [2.45, 2.75) is 19.0 Å². The molecule has 0 fully saturated rings. The maximum atomic E-state index is 12.0. The van der Waals surface area contributed by atoms with Gasteiger partial charge in [0, 0.05) is 6.20 Å². The van der Waals surface area contributed by atoms with Crippen molar-refractivity contribution < 1.29 is 14.7 Å². The number of nitrogens with one attached hydrogen (secondary N) is 2. The van der Waals surface area contributed by atoms with Crippen LogP contribution >= 0.6 is 11.6 Å². The smallest absolute Gasteiger partial charge is 0.328 e. The van der Waals surface area contributed by atoms with E-state index in [0.717, 1.165) is 16.3 Å². The van der Waals surface area contributed by atoms with Crippen LogP contribution in [-0.4, -0.2) is 32.6 Å². The fourth-order valence-electron chi connectivity index (χ4n) is 2.03. The number of rotatable bonds is 6. The first-order chi connectivity index (χ1) is 11.4. The summed E-state index contributed by atoms with van der Waals surface area (Å²) >= 11 is 5.62. The summed E-state index contributed by atoms with van der Waals surface area (Å²) in [6.45, 7) is -0.370. The first-order valence-electron chi connectivity index (χ1n) is 6.92. The second kappa shape index (κ2) is 7.60. The lowest BCUT2D eigenvalue weighted by atomic mass is 10.1. The van der Waals surface area contributed by atoms with Crippen molar-refractivity contribution >= 4 is 23.5 Å². The molecule has 0 saturated heterocycles. The van der Waals surface area contributed by atoms with Gasteiger partial charge in [-0.3, -0.25) is 19.1 Å². The number of aromatic nitrogens is 2. The minimum Gasteiger partial charge on any atom is -0.480 e. The van der Waals surface area contributed by atoms with Gasteiger partial charge in [0.25, 0.3) is 5.56 Å². The molecule has 0 aliphatic heterocycles. The topological polar surface area (TPSA) is 121 Å². The largest absolute Gasteiger partial charge is 0.480 e. The molecule has 1 aromatic heterocycles. The Morgan fingerprint density at radius 3 is 2.54 bits per heavy atom. The predicted octanol–water partition coefficient (Wildman–Crippen LogP) is 0.00210. The molecule has 0 aliphatic carbocycles. The third kappa shape index (κ3) is 4.56. The first-order valence-corrected chi connectivity index (χ1v) is 7.30. The molecule has 1 atom stereocenters. The third-order valence-electron chi connectivity index (χ3n) is 3.19. The van der Waals surface area contributed by atoms with Crippen LogP contribution in [0.2, 0.25) is 5.02 Å². The molecule has 24 heavy (non-hydrogen) atoms. The molecule has 1 heterocycles. The average molecular weight is 352 g/mol. The molecule has 0 unspecified atom stereocenters. The van der Waals surface area contributed by atoms with Crippen LogP contribution in [0.4, 0.5) is 0 Å². The van der Waals surface area contributed by atoms with E-state index in [0.29, 0.717) is 0 Å². The number of aliphatic carboxylic acids is 1. The summed E-state index contributed by atoms with van der Waals surface area (Å²) in [6, 6.07) is 7.45. The maximum absolute atomic E-state index is 12.0. The van der Waals surface area contributed by atoms with Crippen molar-refractivity contribution in [3.8, 4) is 0 Å². The minimum absolute atomic E-state index is 0.00585. The Morgan fingerprint density at radius 2 is 1.92 bits per heavy atom. The van der Waals surface area contributed by atoms with E-state index >= 15 is 0 Å². The molecule has 8 nitrogen and oxygen atoms in total. The van der Waals surface area contributed by atoms with Crippen molar-refractivity contribution in [3.05, 3.63) is 68.0 Å². The molecule has 1 aromatic carbocycles. The van der Waals surface area contributed by atoms with Gasteiger partial charge in [0.1, 0.15) is 11.1 Å². The molecular formula is C15H14ClN3O5. The van der Waals surface area contributed by atoms with E-state index in [1.165, 1.54) is 0 Å². The number of nitrogens with zero attached hydrogens (tertiary/aromatic N) is 1. The van der Waals surface area contributed by atoms with Crippen LogP contribution in [0, 0.1) is 0 Å². The standard InChI is InChI=1S/C15H14ClN3O5/c16-10-7-19(15(24)18-13(10)21)8-11(14(22)23)17-12(20)6-9-4-2-1-3-5-9/h1-5,7,11H,6,8H2,(H,17,20)(H,22,23)(H,18,21,24)/t11-/m0/s1. The van der Waals surface area contributed by atoms with Gasteiger partial charge in [-0.15, -0.1) is 0 Å². The Labute approximate surface area is 140 Å². The van der Waals surface area contributed by atoms with Crippen LogP contribution < -0.4 is 16.6 Å². The highest BCUT2D eigenvalue weighted by molar-refractivity contribution is 6.30. The summed E-state index contributed by atoms with van der Waals surface area (Å²) in [4.78, 5) is 48.1. The number of hydrogen-bond acceptors (Lipinski definition) is 4. The highest BCUT2D eigenvalue weighted by atomic mass is 35.5. The van der Waals surface area contributed by atoms with Gasteiger partial charge in [-0.2, -0.15) is 0 Å². The highest BCUT2D eigenvalue weighted by Gasteiger charge is 2.21. The summed E-state index contributed by atoms with van der Waals surface area (Å²) in [5.74, 6) is -1.82. The van der Waals surface area contributed by atoms with Crippen molar-refractivity contribution in [1.82, 2.24) is 14.9 Å². The Hall–Kier alpha value is -2.87. The number of halogens is 1. The normalized spacial score (nSPS) is 11.7. The number of carboxylic acid groups (broad SMARTS) is 1. The number of amides is 1. The maximum Gasteiger partial charge on any atom is 0.328 e. The number of hydrogen-bond donors (Lipinski definition) is 3. The summed E-state index contributed by atoms with van der Waals surface area (Å²) < 4.78 is 0.922. The molecule has 2 rings (SSSR count). The highest BCUT2D eigenvalue weighted by Crippen LogP contribution is 2.01. The zero-order chi connectivity index (χ0) is 17.7. The second-order valence-corrected chi connectivity index (χ2v) is 5.42. The van der Waals surface area contributed by atoms with Crippen LogP contribution in [0.5, 0.6) is 0 Å². The quantitative estimate of drug-likeness (QED) is 0.676. The molecule has 0 radical (unpaired) electrons. The van der Waals surface area contributed by atoms with Gasteiger partial charge in [0.05, 0.1) is 13.0 Å². The third-order valence-corrected chi connectivity index (χ3v) is 3.46. The van der Waals surface area contributed by atoms with Gasteiger partial charge >= 0.3 is 11.7 Å².